The SMILES string of the molecule is [C-]#[N+]C1=C(CCOC)NC2=C(C(=O)OC2)C1c1ccc2[nH]nc(C)c2c1. The maximum atomic E-state index is 12.4. The van der Waals surface area contributed by atoms with Crippen molar-refractivity contribution in [1.82, 2.24) is 15.5 Å². The minimum absolute atomic E-state index is 0.208. The van der Waals surface area contributed by atoms with Gasteiger partial charge in [-0.1, -0.05) is 6.07 Å². The number of ether oxygens (including phenoxy) is 2. The van der Waals surface area contributed by atoms with Gasteiger partial charge in [0, 0.05) is 24.6 Å². The first-order valence-electron chi connectivity index (χ1n) is 8.35. The van der Waals surface area contributed by atoms with Crippen LogP contribution in [0.2, 0.25) is 0 Å². The predicted molar refractivity (Wildman–Crippen MR) is 94.8 cm³/mol. The molecular weight excluding hydrogens is 332 g/mol. The van der Waals surface area contributed by atoms with E-state index in [1.54, 1.807) is 7.11 Å². The van der Waals surface area contributed by atoms with Crippen LogP contribution in [0.4, 0.5) is 0 Å². The van der Waals surface area contributed by atoms with Crippen molar-refractivity contribution < 1.29 is 14.3 Å². The average Bonchev–Trinajstić information content (AvgIpc) is 3.21. The highest BCUT2D eigenvalue weighted by Crippen LogP contribution is 2.42. The molecule has 0 saturated carbocycles. The summed E-state index contributed by atoms with van der Waals surface area (Å²) in [5.41, 5.74) is 5.26. The molecule has 0 fully saturated rings. The monoisotopic (exact) mass is 350 g/mol. The van der Waals surface area contributed by atoms with Gasteiger partial charge in [0.05, 0.1) is 41.6 Å². The summed E-state index contributed by atoms with van der Waals surface area (Å²) in [5, 5.41) is 11.4. The lowest BCUT2D eigenvalue weighted by Crippen LogP contribution is -2.27. The molecule has 0 aliphatic carbocycles. The van der Waals surface area contributed by atoms with E-state index in [-0.39, 0.29) is 12.6 Å². The lowest BCUT2D eigenvalue weighted by molar-refractivity contribution is -0.136. The molecule has 0 bridgehead atoms. The Labute approximate surface area is 150 Å². The van der Waals surface area contributed by atoms with Crippen molar-refractivity contribution in [2.45, 2.75) is 19.3 Å². The number of carbonyl (C=O) groups excluding carboxylic acids is 1. The van der Waals surface area contributed by atoms with Gasteiger partial charge in [-0.2, -0.15) is 5.10 Å². The van der Waals surface area contributed by atoms with E-state index in [4.69, 9.17) is 16.0 Å². The van der Waals surface area contributed by atoms with Gasteiger partial charge in [0.1, 0.15) is 6.61 Å². The molecule has 26 heavy (non-hydrogen) atoms. The Kier molecular flexibility index (Phi) is 3.98. The second-order valence-corrected chi connectivity index (χ2v) is 6.36. The Morgan fingerprint density at radius 2 is 2.31 bits per heavy atom. The summed E-state index contributed by atoms with van der Waals surface area (Å²) >= 11 is 0. The van der Waals surface area contributed by atoms with E-state index in [1.807, 2.05) is 25.1 Å². The maximum absolute atomic E-state index is 12.4. The summed E-state index contributed by atoms with van der Waals surface area (Å²) in [5.74, 6) is -0.808. The number of rotatable bonds is 4. The average molecular weight is 350 g/mol. The predicted octanol–water partition coefficient (Wildman–Crippen LogP) is 2.54. The maximum Gasteiger partial charge on any atom is 0.335 e. The summed E-state index contributed by atoms with van der Waals surface area (Å²) in [6.07, 6.45) is 0.572. The molecule has 1 aromatic heterocycles. The molecule has 2 N–H and O–H groups in total. The minimum Gasteiger partial charge on any atom is -0.456 e. The zero-order valence-corrected chi connectivity index (χ0v) is 14.5. The standard InChI is InChI=1S/C19H18N4O3/c1-10-12-8-11(4-5-13(12)23-22-10)16-17-15(9-26-19(17)24)21-14(6-7-25-3)18(16)20-2/h4-5,8,16,21H,6-7,9H2,1,3H3,(H,22,23). The number of cyclic esters (lactones) is 1. The summed E-state index contributed by atoms with van der Waals surface area (Å²) in [6, 6.07) is 5.87. The Hall–Kier alpha value is -3.11. The molecule has 1 aromatic carbocycles. The smallest absolute Gasteiger partial charge is 0.335 e. The van der Waals surface area contributed by atoms with Crippen molar-refractivity contribution in [2.75, 3.05) is 20.3 Å². The first-order chi connectivity index (χ1) is 12.6. The molecule has 1 atom stereocenters. The summed E-state index contributed by atoms with van der Waals surface area (Å²) < 4.78 is 10.4. The second-order valence-electron chi connectivity index (χ2n) is 6.36. The molecule has 3 heterocycles. The highest BCUT2D eigenvalue weighted by Gasteiger charge is 2.40. The number of fused-ring (bicyclic) bond motifs is 1. The third-order valence-corrected chi connectivity index (χ3v) is 4.85. The Balaban J connectivity index is 1.88. The van der Waals surface area contributed by atoms with Crippen molar-refractivity contribution in [3.63, 3.8) is 0 Å². The number of hydrogen-bond donors (Lipinski definition) is 2. The third-order valence-electron chi connectivity index (χ3n) is 4.85. The quantitative estimate of drug-likeness (QED) is 0.654. The van der Waals surface area contributed by atoms with Crippen molar-refractivity contribution in [1.29, 1.82) is 0 Å². The fourth-order valence-electron chi connectivity index (χ4n) is 3.56. The number of esters is 1. The molecule has 0 spiro atoms. The zero-order chi connectivity index (χ0) is 18.3. The second kappa shape index (κ2) is 6.32. The Morgan fingerprint density at radius 1 is 1.46 bits per heavy atom. The number of allylic oxidation sites excluding steroid dienone is 1. The largest absolute Gasteiger partial charge is 0.456 e. The molecule has 7 nitrogen and oxygen atoms in total. The van der Waals surface area contributed by atoms with E-state index in [0.717, 1.165) is 33.6 Å². The lowest BCUT2D eigenvalue weighted by atomic mass is 9.83. The van der Waals surface area contributed by atoms with Crippen LogP contribution in [0.3, 0.4) is 0 Å². The van der Waals surface area contributed by atoms with Crippen LogP contribution in [0, 0.1) is 13.5 Å². The van der Waals surface area contributed by atoms with Gasteiger partial charge in [-0.15, -0.1) is 0 Å². The van der Waals surface area contributed by atoms with Crippen LogP contribution in [-0.2, 0) is 14.3 Å². The van der Waals surface area contributed by atoms with E-state index in [0.29, 0.717) is 24.3 Å². The van der Waals surface area contributed by atoms with Crippen molar-refractivity contribution in [3.05, 3.63) is 63.5 Å². The van der Waals surface area contributed by atoms with Gasteiger partial charge in [0.25, 0.3) is 0 Å². The molecule has 0 saturated heterocycles. The van der Waals surface area contributed by atoms with Gasteiger partial charge in [-0.3, -0.25) is 5.10 Å². The van der Waals surface area contributed by atoms with Crippen LogP contribution in [0.25, 0.3) is 15.7 Å². The van der Waals surface area contributed by atoms with Gasteiger partial charge >= 0.3 is 5.97 Å². The molecular formula is C19H18N4O3. The number of methoxy groups -OCH3 is 1. The number of benzene rings is 1. The molecule has 2 aromatic rings. The van der Waals surface area contributed by atoms with E-state index >= 15 is 0 Å². The minimum atomic E-state index is -0.440. The number of carbonyl (C=O) groups is 1. The third kappa shape index (κ3) is 2.47. The van der Waals surface area contributed by atoms with E-state index in [2.05, 4.69) is 20.4 Å². The molecule has 132 valence electrons. The lowest BCUT2D eigenvalue weighted by Gasteiger charge is -2.26. The zero-order valence-electron chi connectivity index (χ0n) is 14.5. The number of aromatic amines is 1. The van der Waals surface area contributed by atoms with Crippen LogP contribution in [0.15, 0.2) is 40.9 Å². The molecule has 4 rings (SSSR count). The van der Waals surface area contributed by atoms with Gasteiger partial charge < -0.3 is 14.8 Å². The molecule has 1 unspecified atom stereocenters. The van der Waals surface area contributed by atoms with Crippen molar-refractivity contribution >= 4 is 16.9 Å². The fourth-order valence-corrected chi connectivity index (χ4v) is 3.56. The van der Waals surface area contributed by atoms with Crippen LogP contribution in [-0.4, -0.2) is 36.5 Å². The van der Waals surface area contributed by atoms with E-state index < -0.39 is 5.92 Å². The Morgan fingerprint density at radius 3 is 3.08 bits per heavy atom. The van der Waals surface area contributed by atoms with Crippen LogP contribution in [0.5, 0.6) is 0 Å². The van der Waals surface area contributed by atoms with Crippen molar-refractivity contribution in [3.8, 4) is 0 Å². The van der Waals surface area contributed by atoms with Gasteiger partial charge in [-0.25, -0.2) is 9.64 Å². The highest BCUT2D eigenvalue weighted by atomic mass is 16.5. The van der Waals surface area contributed by atoms with Crippen LogP contribution >= 0.6 is 0 Å². The normalized spacial score (nSPS) is 19.4. The number of hydrogen-bond acceptors (Lipinski definition) is 5. The summed E-state index contributed by atoms with van der Waals surface area (Å²) in [7, 11) is 1.63. The molecule has 0 radical (unpaired) electrons. The van der Waals surface area contributed by atoms with Crippen LogP contribution < -0.4 is 5.32 Å². The first-order valence-corrected chi connectivity index (χ1v) is 8.35. The van der Waals surface area contributed by atoms with E-state index in [9.17, 15) is 4.79 Å². The van der Waals surface area contributed by atoms with Crippen LogP contribution in [0.1, 0.15) is 23.6 Å². The number of aryl methyl sites for hydroxylation is 1. The molecule has 2 aliphatic heterocycles. The summed E-state index contributed by atoms with van der Waals surface area (Å²) in [4.78, 5) is 16.1. The van der Waals surface area contributed by atoms with Gasteiger partial charge in [0.2, 0.25) is 0 Å². The summed E-state index contributed by atoms with van der Waals surface area (Å²) in [6.45, 7) is 10.4. The first kappa shape index (κ1) is 16.4. The van der Waals surface area contributed by atoms with E-state index in [1.165, 1.54) is 0 Å². The van der Waals surface area contributed by atoms with Gasteiger partial charge in [0.15, 0.2) is 5.70 Å². The number of aromatic nitrogens is 2. The Bertz CT molecular complexity index is 1010. The molecule has 2 aliphatic rings. The number of dihydropyridines is 1. The number of nitrogens with zero attached hydrogens (tertiary/aromatic N) is 2. The van der Waals surface area contributed by atoms with Gasteiger partial charge in [-0.05, 0) is 24.6 Å². The number of nitrogens with one attached hydrogen (secondary N) is 2. The topological polar surface area (TPSA) is 80.6 Å². The molecule has 7 heteroatoms. The number of H-pyrrole nitrogens is 1. The van der Waals surface area contributed by atoms with Crippen molar-refractivity contribution in [2.24, 2.45) is 0 Å². The highest BCUT2D eigenvalue weighted by molar-refractivity contribution is 5.95. The molecule has 0 amide bonds. The fraction of sp³-hybridized carbons (Fsp3) is 0.316.